The maximum atomic E-state index is 11.8. The molecule has 1 atom stereocenters. The Bertz CT molecular complexity index is 367. The van der Waals surface area contributed by atoms with E-state index in [4.69, 9.17) is 5.73 Å². The fourth-order valence-corrected chi connectivity index (χ4v) is 2.69. The van der Waals surface area contributed by atoms with E-state index < -0.39 is 0 Å². The van der Waals surface area contributed by atoms with Gasteiger partial charge in [-0.15, -0.1) is 23.7 Å². The molecule has 1 heterocycles. The summed E-state index contributed by atoms with van der Waals surface area (Å²) in [5.74, 6) is 0.584. The van der Waals surface area contributed by atoms with E-state index in [1.165, 1.54) is 24.2 Å². The fraction of sp³-hybridized carbons (Fsp3) is 0.500. The van der Waals surface area contributed by atoms with Crippen LogP contribution in [0.4, 0.5) is 0 Å². The topological polar surface area (TPSA) is 55.1 Å². The molecule has 1 aromatic heterocycles. The summed E-state index contributed by atoms with van der Waals surface area (Å²) in [5.41, 5.74) is 6.34. The number of rotatable bonds is 4. The average Bonchev–Trinajstić information content (AvgIpc) is 2.97. The zero-order valence-corrected chi connectivity index (χ0v) is 11.8. The van der Waals surface area contributed by atoms with Crippen LogP contribution in [0.15, 0.2) is 15.2 Å². The number of carbonyl (C=O) groups is 1. The number of nitrogens with one attached hydrogen (secondary N) is 1. The number of thiophene rings is 1. The highest BCUT2D eigenvalue weighted by atomic mass is 79.9. The molecule has 0 bridgehead atoms. The highest BCUT2D eigenvalue weighted by molar-refractivity contribution is 9.11. The maximum absolute atomic E-state index is 11.8. The average molecular weight is 326 g/mol. The minimum Gasteiger partial charge on any atom is -0.348 e. The summed E-state index contributed by atoms with van der Waals surface area (Å²) in [4.78, 5) is 11.8. The Morgan fingerprint density at radius 3 is 2.81 bits per heavy atom. The smallest absolute Gasteiger partial charge is 0.252 e. The van der Waals surface area contributed by atoms with Crippen molar-refractivity contribution in [1.29, 1.82) is 0 Å². The van der Waals surface area contributed by atoms with Gasteiger partial charge in [-0.05, 0) is 40.8 Å². The lowest BCUT2D eigenvalue weighted by atomic mass is 10.2. The molecule has 6 heteroatoms. The maximum Gasteiger partial charge on any atom is 0.252 e. The van der Waals surface area contributed by atoms with Gasteiger partial charge in [-0.2, -0.15) is 0 Å². The largest absolute Gasteiger partial charge is 0.348 e. The van der Waals surface area contributed by atoms with Crippen molar-refractivity contribution in [3.05, 3.63) is 20.8 Å². The first-order valence-corrected chi connectivity index (χ1v) is 6.63. The van der Waals surface area contributed by atoms with Crippen LogP contribution in [0.5, 0.6) is 0 Å². The molecule has 3 nitrogen and oxygen atoms in total. The van der Waals surface area contributed by atoms with Gasteiger partial charge in [-0.25, -0.2) is 0 Å². The quantitative estimate of drug-likeness (QED) is 0.893. The lowest BCUT2D eigenvalue weighted by Gasteiger charge is -2.15. The molecular weight excluding hydrogens is 312 g/mol. The number of carbonyl (C=O) groups excluding carboxylic acids is 1. The zero-order chi connectivity index (χ0) is 10.8. The van der Waals surface area contributed by atoms with E-state index in [1.807, 2.05) is 11.4 Å². The standard InChI is InChI=1S/C10H13BrN2OS.ClH/c11-9-3-7(5-15-9)10(14)13-8(4-12)6-1-2-6;/h3,5-6,8H,1-2,4,12H2,(H,13,14);1H. The third-order valence-corrected chi connectivity index (χ3v) is 4.10. The molecule has 1 unspecified atom stereocenters. The molecular formula is C10H14BrClN2OS. The third-order valence-electron chi connectivity index (χ3n) is 2.59. The predicted molar refractivity (Wildman–Crippen MR) is 72.3 cm³/mol. The van der Waals surface area contributed by atoms with Gasteiger partial charge >= 0.3 is 0 Å². The van der Waals surface area contributed by atoms with Gasteiger partial charge in [0.1, 0.15) is 0 Å². The molecule has 1 aliphatic carbocycles. The molecule has 90 valence electrons. The zero-order valence-electron chi connectivity index (χ0n) is 8.61. The summed E-state index contributed by atoms with van der Waals surface area (Å²) in [6.07, 6.45) is 2.38. The summed E-state index contributed by atoms with van der Waals surface area (Å²) >= 11 is 4.85. The second kappa shape index (κ2) is 6.00. The van der Waals surface area contributed by atoms with Crippen LogP contribution in [-0.4, -0.2) is 18.5 Å². The summed E-state index contributed by atoms with van der Waals surface area (Å²) in [7, 11) is 0. The molecule has 0 saturated heterocycles. The Labute approximate surface area is 113 Å². The number of hydrogen-bond donors (Lipinski definition) is 2. The molecule has 1 aliphatic rings. The summed E-state index contributed by atoms with van der Waals surface area (Å²) < 4.78 is 0.975. The van der Waals surface area contributed by atoms with E-state index in [0.29, 0.717) is 18.0 Å². The summed E-state index contributed by atoms with van der Waals surface area (Å²) in [6.45, 7) is 0.529. The second-order valence-corrected chi connectivity index (χ2v) is 6.08. The first kappa shape index (κ1) is 14.0. The minimum absolute atomic E-state index is 0. The van der Waals surface area contributed by atoms with Gasteiger partial charge in [-0.1, -0.05) is 0 Å². The van der Waals surface area contributed by atoms with E-state index >= 15 is 0 Å². The number of nitrogens with two attached hydrogens (primary N) is 1. The van der Waals surface area contributed by atoms with Crippen LogP contribution in [-0.2, 0) is 0 Å². The van der Waals surface area contributed by atoms with Crippen LogP contribution in [0.25, 0.3) is 0 Å². The van der Waals surface area contributed by atoms with Gasteiger partial charge < -0.3 is 11.1 Å². The third kappa shape index (κ3) is 3.45. The molecule has 1 aromatic rings. The van der Waals surface area contributed by atoms with Gasteiger partial charge in [0.05, 0.1) is 9.35 Å². The van der Waals surface area contributed by atoms with Crippen molar-refractivity contribution in [2.45, 2.75) is 18.9 Å². The molecule has 1 amide bonds. The summed E-state index contributed by atoms with van der Waals surface area (Å²) in [5, 5.41) is 4.83. The number of halogens is 2. The Kier molecular flexibility index (Phi) is 5.24. The molecule has 2 rings (SSSR count). The molecule has 1 fully saturated rings. The van der Waals surface area contributed by atoms with Gasteiger partial charge in [0, 0.05) is 18.0 Å². The van der Waals surface area contributed by atoms with Crippen LogP contribution in [0, 0.1) is 5.92 Å². The molecule has 0 aliphatic heterocycles. The van der Waals surface area contributed by atoms with Crippen LogP contribution >= 0.6 is 39.7 Å². The van der Waals surface area contributed by atoms with Gasteiger partial charge in [0.25, 0.3) is 5.91 Å². The van der Waals surface area contributed by atoms with E-state index in [-0.39, 0.29) is 24.4 Å². The summed E-state index contributed by atoms with van der Waals surface area (Å²) in [6, 6.07) is 1.98. The van der Waals surface area contributed by atoms with Crippen molar-refractivity contribution in [3.63, 3.8) is 0 Å². The molecule has 0 spiro atoms. The van der Waals surface area contributed by atoms with Crippen molar-refractivity contribution >= 4 is 45.6 Å². The van der Waals surface area contributed by atoms with Crippen molar-refractivity contribution in [2.75, 3.05) is 6.54 Å². The molecule has 0 aromatic carbocycles. The Hall–Kier alpha value is -0.100. The Morgan fingerprint density at radius 2 is 2.38 bits per heavy atom. The first-order valence-electron chi connectivity index (χ1n) is 4.95. The molecule has 3 N–H and O–H groups in total. The van der Waals surface area contributed by atoms with Crippen LogP contribution in [0.2, 0.25) is 0 Å². The van der Waals surface area contributed by atoms with E-state index in [0.717, 1.165) is 3.79 Å². The highest BCUT2D eigenvalue weighted by Crippen LogP contribution is 2.32. The lowest BCUT2D eigenvalue weighted by molar-refractivity contribution is 0.0934. The van der Waals surface area contributed by atoms with Crippen molar-refractivity contribution in [1.82, 2.24) is 5.32 Å². The second-order valence-electron chi connectivity index (χ2n) is 3.79. The molecule has 0 radical (unpaired) electrons. The first-order chi connectivity index (χ1) is 7.20. The van der Waals surface area contributed by atoms with E-state index in [2.05, 4.69) is 21.2 Å². The predicted octanol–water partition coefficient (Wildman–Crippen LogP) is 2.40. The van der Waals surface area contributed by atoms with Crippen molar-refractivity contribution < 1.29 is 4.79 Å². The number of hydrogen-bond acceptors (Lipinski definition) is 3. The monoisotopic (exact) mass is 324 g/mol. The molecule has 16 heavy (non-hydrogen) atoms. The van der Waals surface area contributed by atoms with Crippen molar-refractivity contribution in [3.8, 4) is 0 Å². The molecule has 1 saturated carbocycles. The van der Waals surface area contributed by atoms with Crippen LogP contribution in [0.1, 0.15) is 23.2 Å². The van der Waals surface area contributed by atoms with E-state index in [1.54, 1.807) is 0 Å². The van der Waals surface area contributed by atoms with Gasteiger partial charge in [-0.3, -0.25) is 4.79 Å². The Morgan fingerprint density at radius 1 is 1.69 bits per heavy atom. The minimum atomic E-state index is -0.0145. The van der Waals surface area contributed by atoms with Crippen molar-refractivity contribution in [2.24, 2.45) is 11.7 Å². The van der Waals surface area contributed by atoms with Gasteiger partial charge in [0.2, 0.25) is 0 Å². The lowest BCUT2D eigenvalue weighted by Crippen LogP contribution is -2.41. The van der Waals surface area contributed by atoms with Gasteiger partial charge in [0.15, 0.2) is 0 Å². The Balaban J connectivity index is 0.00000128. The van der Waals surface area contributed by atoms with Crippen LogP contribution < -0.4 is 11.1 Å². The van der Waals surface area contributed by atoms with Crippen LogP contribution in [0.3, 0.4) is 0 Å². The normalized spacial score (nSPS) is 16.4. The van der Waals surface area contributed by atoms with E-state index in [9.17, 15) is 4.79 Å². The fourth-order valence-electron chi connectivity index (χ4n) is 1.55. The highest BCUT2D eigenvalue weighted by Gasteiger charge is 2.31. The number of amides is 1. The SMILES string of the molecule is Cl.NCC(NC(=O)c1csc(Br)c1)C1CC1.